The van der Waals surface area contributed by atoms with Crippen LogP contribution in [0, 0.1) is 0 Å². The molecule has 3 aliphatic rings. The van der Waals surface area contributed by atoms with Crippen LogP contribution >= 0.6 is 0 Å². The molecule has 0 spiro atoms. The van der Waals surface area contributed by atoms with Gasteiger partial charge in [-0.1, -0.05) is 13.8 Å². The lowest BCUT2D eigenvalue weighted by Crippen LogP contribution is -2.39. The van der Waals surface area contributed by atoms with Crippen molar-refractivity contribution in [2.75, 3.05) is 29.5 Å². The molecule has 0 bridgehead atoms. The van der Waals surface area contributed by atoms with Gasteiger partial charge in [0.25, 0.3) is 11.8 Å². The zero-order chi connectivity index (χ0) is 25.9. The Balaban J connectivity index is 1.37. The lowest BCUT2D eigenvalue weighted by molar-refractivity contribution is -0.119. The molecule has 3 aromatic rings. The van der Waals surface area contributed by atoms with Gasteiger partial charge in [0, 0.05) is 47.4 Å². The summed E-state index contributed by atoms with van der Waals surface area (Å²) in [6.07, 6.45) is 2.92. The normalized spacial score (nSPS) is 18.4. The molecule has 0 radical (unpaired) electrons. The molecule has 0 aliphatic carbocycles. The number of hydrogen-bond acceptors (Lipinski definition) is 5. The van der Waals surface area contributed by atoms with Crippen molar-refractivity contribution in [1.29, 1.82) is 0 Å². The predicted octanol–water partition coefficient (Wildman–Crippen LogP) is 3.36. The van der Waals surface area contributed by atoms with Crippen LogP contribution in [0.4, 0.5) is 11.4 Å². The minimum Gasteiger partial charge on any atom is -0.492 e. The van der Waals surface area contributed by atoms with E-state index in [-0.39, 0.29) is 22.9 Å². The van der Waals surface area contributed by atoms with E-state index in [4.69, 9.17) is 10.5 Å². The molecule has 0 saturated carbocycles. The van der Waals surface area contributed by atoms with E-state index < -0.39 is 5.91 Å². The van der Waals surface area contributed by atoms with Crippen LogP contribution in [0.1, 0.15) is 65.2 Å². The highest BCUT2D eigenvalue weighted by Gasteiger charge is 2.36. The van der Waals surface area contributed by atoms with E-state index in [0.717, 1.165) is 35.5 Å². The average molecular weight is 500 g/mol. The number of aromatic nitrogens is 2. The molecule has 1 fully saturated rings. The first-order valence-electron chi connectivity index (χ1n) is 12.7. The van der Waals surface area contributed by atoms with Crippen LogP contribution in [0.3, 0.4) is 0 Å². The van der Waals surface area contributed by atoms with E-state index in [0.29, 0.717) is 49.5 Å². The number of primary amides is 1. The van der Waals surface area contributed by atoms with E-state index >= 15 is 0 Å². The monoisotopic (exact) mass is 499 g/mol. The molecule has 9 nitrogen and oxygen atoms in total. The number of hydrogen-bond donors (Lipinski definition) is 1. The summed E-state index contributed by atoms with van der Waals surface area (Å²) < 4.78 is 7.35. The van der Waals surface area contributed by atoms with E-state index in [1.165, 1.54) is 0 Å². The highest BCUT2D eigenvalue weighted by molar-refractivity contribution is 6.09. The second kappa shape index (κ2) is 8.47. The molecular weight excluding hydrogens is 470 g/mol. The van der Waals surface area contributed by atoms with Gasteiger partial charge in [0.15, 0.2) is 5.69 Å². The van der Waals surface area contributed by atoms with E-state index in [9.17, 15) is 14.4 Å². The summed E-state index contributed by atoms with van der Waals surface area (Å²) >= 11 is 0. The summed E-state index contributed by atoms with van der Waals surface area (Å²) in [6, 6.07) is 13.2. The molecule has 3 aliphatic heterocycles. The van der Waals surface area contributed by atoms with Crippen LogP contribution in [-0.2, 0) is 16.6 Å². The molecular formula is C28H29N5O4. The fraction of sp³-hybridized carbons (Fsp3) is 0.357. The summed E-state index contributed by atoms with van der Waals surface area (Å²) in [5.74, 6) is 0.0318. The third kappa shape index (κ3) is 3.77. The first-order chi connectivity index (χ1) is 17.7. The van der Waals surface area contributed by atoms with Crippen LogP contribution in [0.5, 0.6) is 5.75 Å². The Hall–Kier alpha value is -4.14. The van der Waals surface area contributed by atoms with Gasteiger partial charge in [-0.15, -0.1) is 0 Å². The molecule has 0 atom stereocenters. The van der Waals surface area contributed by atoms with Gasteiger partial charge >= 0.3 is 0 Å². The molecule has 0 unspecified atom stereocenters. The van der Waals surface area contributed by atoms with Crippen LogP contribution < -0.4 is 20.3 Å². The SMILES string of the molecule is CC1(C)COc2ccc(-n3nc(C(N)=O)c4c3C(=O)N(c3ccc(N5CCCCC5=O)cc3)CC4)cc21. The van der Waals surface area contributed by atoms with Gasteiger partial charge < -0.3 is 20.3 Å². The number of nitrogens with zero attached hydrogens (tertiary/aromatic N) is 4. The summed E-state index contributed by atoms with van der Waals surface area (Å²) in [7, 11) is 0. The molecule has 1 aromatic heterocycles. The summed E-state index contributed by atoms with van der Waals surface area (Å²) in [5, 5.41) is 4.51. The Kier molecular flexibility index (Phi) is 5.33. The molecule has 37 heavy (non-hydrogen) atoms. The third-order valence-corrected chi connectivity index (χ3v) is 7.57. The van der Waals surface area contributed by atoms with Gasteiger partial charge in [-0.25, -0.2) is 4.68 Å². The van der Waals surface area contributed by atoms with Crippen molar-refractivity contribution >= 4 is 29.1 Å². The number of rotatable bonds is 4. The van der Waals surface area contributed by atoms with Crippen LogP contribution in [-0.4, -0.2) is 47.2 Å². The molecule has 190 valence electrons. The maximum atomic E-state index is 13.9. The Morgan fingerprint density at radius 1 is 0.946 bits per heavy atom. The summed E-state index contributed by atoms with van der Waals surface area (Å²) in [4.78, 5) is 41.9. The van der Waals surface area contributed by atoms with Gasteiger partial charge in [0.2, 0.25) is 5.91 Å². The number of ether oxygens (including phenoxy) is 1. The van der Waals surface area contributed by atoms with E-state index in [1.807, 2.05) is 42.5 Å². The molecule has 9 heteroatoms. The van der Waals surface area contributed by atoms with E-state index in [2.05, 4.69) is 18.9 Å². The zero-order valence-corrected chi connectivity index (χ0v) is 21.0. The van der Waals surface area contributed by atoms with Crippen molar-refractivity contribution < 1.29 is 19.1 Å². The second-order valence-electron chi connectivity index (χ2n) is 10.5. The van der Waals surface area contributed by atoms with Crippen LogP contribution in [0.25, 0.3) is 5.69 Å². The van der Waals surface area contributed by atoms with Crippen LogP contribution in [0.2, 0.25) is 0 Å². The number of benzene rings is 2. The van der Waals surface area contributed by atoms with Crippen LogP contribution in [0.15, 0.2) is 42.5 Å². The molecule has 2 aromatic carbocycles. The number of anilines is 2. The first-order valence-corrected chi connectivity index (χ1v) is 12.7. The van der Waals surface area contributed by atoms with Gasteiger partial charge in [0.1, 0.15) is 11.4 Å². The quantitative estimate of drug-likeness (QED) is 0.592. The fourth-order valence-corrected chi connectivity index (χ4v) is 5.52. The standard InChI is InChI=1S/C28H29N5O4/c1-28(2)16-37-22-11-10-19(15-21(22)28)33-25-20(24(30-33)26(29)35)12-14-32(27(25)36)18-8-6-17(7-9-18)31-13-4-3-5-23(31)34/h6-11,15H,3-5,12-14,16H2,1-2H3,(H2,29,35). The number of carbonyl (C=O) groups is 3. The number of amides is 3. The Morgan fingerprint density at radius 3 is 2.35 bits per heavy atom. The van der Waals surface area contributed by atoms with Crippen molar-refractivity contribution in [2.45, 2.75) is 44.9 Å². The number of piperidine rings is 1. The molecule has 1 saturated heterocycles. The van der Waals surface area contributed by atoms with Crippen molar-refractivity contribution in [1.82, 2.24) is 9.78 Å². The molecule has 6 rings (SSSR count). The zero-order valence-electron chi connectivity index (χ0n) is 21.0. The highest BCUT2D eigenvalue weighted by atomic mass is 16.5. The van der Waals surface area contributed by atoms with Gasteiger partial charge in [-0.3, -0.25) is 14.4 Å². The Labute approximate surface area is 214 Å². The molecule has 4 heterocycles. The van der Waals surface area contributed by atoms with E-state index in [1.54, 1.807) is 14.5 Å². The minimum absolute atomic E-state index is 0.123. The Morgan fingerprint density at radius 2 is 1.65 bits per heavy atom. The predicted molar refractivity (Wildman–Crippen MR) is 139 cm³/mol. The maximum absolute atomic E-state index is 13.9. The largest absolute Gasteiger partial charge is 0.492 e. The van der Waals surface area contributed by atoms with Crippen molar-refractivity contribution in [3.05, 3.63) is 65.0 Å². The summed E-state index contributed by atoms with van der Waals surface area (Å²) in [6.45, 7) is 5.88. The highest BCUT2D eigenvalue weighted by Crippen LogP contribution is 2.40. The molecule has 2 N–H and O–H groups in total. The number of nitrogens with two attached hydrogens (primary N) is 1. The van der Waals surface area contributed by atoms with Gasteiger partial charge in [-0.2, -0.15) is 5.10 Å². The first kappa shape index (κ1) is 23.3. The maximum Gasteiger partial charge on any atom is 0.277 e. The summed E-state index contributed by atoms with van der Waals surface area (Å²) in [5.41, 5.74) is 9.77. The topological polar surface area (TPSA) is 111 Å². The second-order valence-corrected chi connectivity index (χ2v) is 10.5. The average Bonchev–Trinajstić information content (AvgIpc) is 3.43. The fourth-order valence-electron chi connectivity index (χ4n) is 5.52. The van der Waals surface area contributed by atoms with Gasteiger partial charge in [-0.05, 0) is 61.7 Å². The number of fused-ring (bicyclic) bond motifs is 2. The minimum atomic E-state index is -0.656. The van der Waals surface area contributed by atoms with Crippen molar-refractivity contribution in [3.63, 3.8) is 0 Å². The lowest BCUT2D eigenvalue weighted by atomic mass is 9.87. The van der Waals surface area contributed by atoms with Crippen molar-refractivity contribution in [3.8, 4) is 11.4 Å². The van der Waals surface area contributed by atoms with Gasteiger partial charge in [0.05, 0.1) is 12.3 Å². The Bertz CT molecular complexity index is 1440. The smallest absolute Gasteiger partial charge is 0.277 e. The third-order valence-electron chi connectivity index (χ3n) is 7.57. The molecule has 3 amide bonds. The van der Waals surface area contributed by atoms with Crippen molar-refractivity contribution in [2.24, 2.45) is 5.73 Å². The lowest BCUT2D eigenvalue weighted by Gasteiger charge is -2.29. The number of carbonyl (C=O) groups excluding carboxylic acids is 3.